The highest BCUT2D eigenvalue weighted by Crippen LogP contribution is 2.37. The number of hydrogen-bond acceptors (Lipinski definition) is 6. The molecule has 1 aliphatic rings. The third kappa shape index (κ3) is 3.29. The molecule has 134 valence electrons. The average molecular weight is 365 g/mol. The normalized spacial score (nSPS) is 18.8. The summed E-state index contributed by atoms with van der Waals surface area (Å²) < 4.78 is 32.6. The van der Waals surface area contributed by atoms with E-state index >= 15 is 0 Å². The molecule has 1 aromatic heterocycles. The molecule has 0 amide bonds. The SMILES string of the molecule is CC(C)c1cc([C@H]2CCCN2S(=O)(=O)c2ccc([N+](=O)[O-])cc2)no1. The second kappa shape index (κ2) is 6.57. The molecular formula is C16H19N3O5S. The summed E-state index contributed by atoms with van der Waals surface area (Å²) >= 11 is 0. The van der Waals surface area contributed by atoms with Crippen LogP contribution in [0.1, 0.15) is 50.1 Å². The van der Waals surface area contributed by atoms with Crippen LogP contribution < -0.4 is 0 Å². The van der Waals surface area contributed by atoms with Crippen LogP contribution in [-0.4, -0.2) is 29.3 Å². The number of nitro benzene ring substituents is 1. The number of rotatable bonds is 5. The summed E-state index contributed by atoms with van der Waals surface area (Å²) in [6.07, 6.45) is 1.39. The first kappa shape index (κ1) is 17.6. The van der Waals surface area contributed by atoms with Crippen LogP contribution in [0, 0.1) is 10.1 Å². The Bertz CT molecular complexity index is 873. The Morgan fingerprint density at radius 2 is 2.00 bits per heavy atom. The van der Waals surface area contributed by atoms with E-state index in [-0.39, 0.29) is 22.5 Å². The van der Waals surface area contributed by atoms with Gasteiger partial charge in [-0.1, -0.05) is 19.0 Å². The molecule has 0 aliphatic carbocycles. The van der Waals surface area contributed by atoms with Crippen LogP contribution in [0.3, 0.4) is 0 Å². The molecule has 0 saturated carbocycles. The molecule has 0 N–H and O–H groups in total. The summed E-state index contributed by atoms with van der Waals surface area (Å²) in [5.74, 6) is 0.886. The molecule has 1 aliphatic heterocycles. The van der Waals surface area contributed by atoms with Crippen molar-refractivity contribution in [3.05, 3.63) is 51.9 Å². The van der Waals surface area contributed by atoms with E-state index in [2.05, 4.69) is 5.16 Å². The minimum absolute atomic E-state index is 0.0394. The van der Waals surface area contributed by atoms with E-state index in [0.717, 1.165) is 12.2 Å². The lowest BCUT2D eigenvalue weighted by molar-refractivity contribution is -0.384. The van der Waals surface area contributed by atoms with E-state index in [1.54, 1.807) is 6.07 Å². The van der Waals surface area contributed by atoms with Crippen LogP contribution in [0.15, 0.2) is 39.8 Å². The molecular weight excluding hydrogens is 346 g/mol. The molecule has 0 radical (unpaired) electrons. The van der Waals surface area contributed by atoms with Crippen molar-refractivity contribution < 1.29 is 17.9 Å². The third-order valence-corrected chi connectivity index (χ3v) is 6.24. The third-order valence-electron chi connectivity index (χ3n) is 4.31. The minimum Gasteiger partial charge on any atom is -0.361 e. The Morgan fingerprint density at radius 1 is 1.32 bits per heavy atom. The standard InChI is InChI=1S/C16H19N3O5S/c1-11(2)16-10-14(17-24-16)15-4-3-9-18(15)25(22,23)13-7-5-12(6-8-13)19(20)21/h5-8,10-11,15H,3-4,9H2,1-2H3/t15-/m1/s1. The molecule has 1 saturated heterocycles. The van der Waals surface area contributed by atoms with Crippen molar-refractivity contribution in [1.29, 1.82) is 0 Å². The summed E-state index contributed by atoms with van der Waals surface area (Å²) in [7, 11) is -3.76. The topological polar surface area (TPSA) is 107 Å². The van der Waals surface area contributed by atoms with Crippen LogP contribution in [0.2, 0.25) is 0 Å². The van der Waals surface area contributed by atoms with Gasteiger partial charge in [-0.2, -0.15) is 4.31 Å². The van der Waals surface area contributed by atoms with Gasteiger partial charge in [0.2, 0.25) is 10.0 Å². The molecule has 1 aromatic carbocycles. The Morgan fingerprint density at radius 3 is 2.56 bits per heavy atom. The second-order valence-electron chi connectivity index (χ2n) is 6.33. The number of sulfonamides is 1. The first-order valence-electron chi connectivity index (χ1n) is 8.03. The van der Waals surface area contributed by atoms with Crippen molar-refractivity contribution in [2.75, 3.05) is 6.54 Å². The number of nitrogens with zero attached hydrogens (tertiary/aromatic N) is 3. The fourth-order valence-electron chi connectivity index (χ4n) is 2.93. The van der Waals surface area contributed by atoms with Gasteiger partial charge in [-0.3, -0.25) is 10.1 Å². The maximum atomic E-state index is 12.9. The number of non-ortho nitro benzene ring substituents is 1. The van der Waals surface area contributed by atoms with E-state index in [9.17, 15) is 18.5 Å². The molecule has 9 heteroatoms. The maximum Gasteiger partial charge on any atom is 0.269 e. The Kier molecular flexibility index (Phi) is 4.61. The van der Waals surface area contributed by atoms with Crippen LogP contribution in [0.25, 0.3) is 0 Å². The summed E-state index contributed by atoms with van der Waals surface area (Å²) in [4.78, 5) is 10.2. The lowest BCUT2D eigenvalue weighted by Gasteiger charge is -2.22. The van der Waals surface area contributed by atoms with Crippen molar-refractivity contribution in [1.82, 2.24) is 9.46 Å². The molecule has 25 heavy (non-hydrogen) atoms. The van der Waals surface area contributed by atoms with Crippen LogP contribution >= 0.6 is 0 Å². The van der Waals surface area contributed by atoms with E-state index < -0.39 is 14.9 Å². The first-order chi connectivity index (χ1) is 11.8. The van der Waals surface area contributed by atoms with Gasteiger partial charge in [-0.05, 0) is 25.0 Å². The molecule has 8 nitrogen and oxygen atoms in total. The monoisotopic (exact) mass is 365 g/mol. The van der Waals surface area contributed by atoms with Crippen molar-refractivity contribution in [3.8, 4) is 0 Å². The van der Waals surface area contributed by atoms with E-state index in [4.69, 9.17) is 4.52 Å². The molecule has 2 aromatic rings. The highest BCUT2D eigenvalue weighted by atomic mass is 32.2. The van der Waals surface area contributed by atoms with Gasteiger partial charge in [-0.25, -0.2) is 8.42 Å². The zero-order chi connectivity index (χ0) is 18.2. The van der Waals surface area contributed by atoms with Gasteiger partial charge >= 0.3 is 0 Å². The van der Waals surface area contributed by atoms with Gasteiger partial charge in [0.15, 0.2) is 0 Å². The van der Waals surface area contributed by atoms with Gasteiger partial charge in [0.05, 0.1) is 15.9 Å². The fraction of sp³-hybridized carbons (Fsp3) is 0.438. The van der Waals surface area contributed by atoms with E-state index in [0.29, 0.717) is 18.7 Å². The summed E-state index contributed by atoms with van der Waals surface area (Å²) in [6, 6.07) is 6.36. The Labute approximate surface area is 145 Å². The second-order valence-corrected chi connectivity index (χ2v) is 8.22. The number of hydrogen-bond donors (Lipinski definition) is 0. The van der Waals surface area contributed by atoms with Crippen LogP contribution in [-0.2, 0) is 10.0 Å². The molecule has 0 bridgehead atoms. The molecule has 1 fully saturated rings. The Hall–Kier alpha value is -2.26. The number of nitro groups is 1. The zero-order valence-corrected chi connectivity index (χ0v) is 14.8. The van der Waals surface area contributed by atoms with E-state index in [1.807, 2.05) is 13.8 Å². The lowest BCUT2D eigenvalue weighted by Crippen LogP contribution is -2.30. The highest BCUT2D eigenvalue weighted by molar-refractivity contribution is 7.89. The predicted molar refractivity (Wildman–Crippen MR) is 89.6 cm³/mol. The molecule has 2 heterocycles. The van der Waals surface area contributed by atoms with Crippen molar-refractivity contribution in [3.63, 3.8) is 0 Å². The van der Waals surface area contributed by atoms with Gasteiger partial charge in [0, 0.05) is 30.7 Å². The van der Waals surface area contributed by atoms with Crippen molar-refractivity contribution >= 4 is 15.7 Å². The van der Waals surface area contributed by atoms with Crippen molar-refractivity contribution in [2.24, 2.45) is 0 Å². The first-order valence-corrected chi connectivity index (χ1v) is 9.47. The van der Waals surface area contributed by atoms with Crippen molar-refractivity contribution in [2.45, 2.75) is 43.5 Å². The largest absolute Gasteiger partial charge is 0.361 e. The number of benzene rings is 1. The predicted octanol–water partition coefficient (Wildman–Crippen LogP) is 3.23. The van der Waals surface area contributed by atoms with Gasteiger partial charge in [0.25, 0.3) is 5.69 Å². The maximum absolute atomic E-state index is 12.9. The molecule has 0 spiro atoms. The van der Waals surface area contributed by atoms with Crippen LogP contribution in [0.5, 0.6) is 0 Å². The van der Waals surface area contributed by atoms with Gasteiger partial charge in [-0.15, -0.1) is 0 Å². The average Bonchev–Trinajstić information content (AvgIpc) is 3.24. The fourth-order valence-corrected chi connectivity index (χ4v) is 4.60. The summed E-state index contributed by atoms with van der Waals surface area (Å²) in [5.41, 5.74) is 0.460. The molecule has 0 unspecified atom stereocenters. The Balaban J connectivity index is 1.90. The number of aromatic nitrogens is 1. The van der Waals surface area contributed by atoms with Crippen LogP contribution in [0.4, 0.5) is 5.69 Å². The lowest BCUT2D eigenvalue weighted by atomic mass is 10.1. The smallest absolute Gasteiger partial charge is 0.269 e. The quantitative estimate of drug-likeness (QED) is 0.595. The van der Waals surface area contributed by atoms with Gasteiger partial charge in [0.1, 0.15) is 11.5 Å². The highest BCUT2D eigenvalue weighted by Gasteiger charge is 2.38. The van der Waals surface area contributed by atoms with Gasteiger partial charge < -0.3 is 4.52 Å². The summed E-state index contributed by atoms with van der Waals surface area (Å²) in [5, 5.41) is 14.8. The molecule has 3 rings (SSSR count). The zero-order valence-electron chi connectivity index (χ0n) is 14.0. The minimum atomic E-state index is -3.76. The summed E-state index contributed by atoms with van der Waals surface area (Å²) in [6.45, 7) is 4.34. The molecule has 1 atom stereocenters. The van der Waals surface area contributed by atoms with E-state index in [1.165, 1.54) is 28.6 Å².